The fourth-order valence-corrected chi connectivity index (χ4v) is 3.30. The van der Waals surface area contributed by atoms with E-state index >= 15 is 0 Å². The summed E-state index contributed by atoms with van der Waals surface area (Å²) in [5.41, 5.74) is 3.27. The second-order valence-corrected chi connectivity index (χ2v) is 4.89. The van der Waals surface area contributed by atoms with Crippen LogP contribution in [0, 0.1) is 11.8 Å². The highest BCUT2D eigenvalue weighted by molar-refractivity contribution is 5.33. The van der Waals surface area contributed by atoms with Crippen molar-refractivity contribution in [2.45, 2.75) is 38.5 Å². The quantitative estimate of drug-likeness (QED) is 0.617. The molecule has 2 aliphatic carbocycles. The minimum Gasteiger partial charge on any atom is -0.388 e. The van der Waals surface area contributed by atoms with Crippen molar-refractivity contribution in [3.63, 3.8) is 0 Å². The summed E-state index contributed by atoms with van der Waals surface area (Å²) in [6, 6.07) is 0. The maximum atomic E-state index is 3.65. The largest absolute Gasteiger partial charge is 0.388 e. The van der Waals surface area contributed by atoms with Gasteiger partial charge >= 0.3 is 0 Å². The molecule has 0 radical (unpaired) electrons. The highest BCUT2D eigenvalue weighted by Gasteiger charge is 2.30. The molecular formula is C13H19N. The van der Waals surface area contributed by atoms with Crippen molar-refractivity contribution < 1.29 is 0 Å². The van der Waals surface area contributed by atoms with Gasteiger partial charge in [0.25, 0.3) is 0 Å². The van der Waals surface area contributed by atoms with Crippen LogP contribution in [0.4, 0.5) is 0 Å². The average Bonchev–Trinajstić information content (AvgIpc) is 2.29. The van der Waals surface area contributed by atoms with Crippen LogP contribution >= 0.6 is 0 Å². The van der Waals surface area contributed by atoms with E-state index in [9.17, 15) is 0 Å². The molecule has 76 valence electrons. The van der Waals surface area contributed by atoms with Crippen LogP contribution in [-0.2, 0) is 0 Å². The SMILES string of the molecule is C1=CC2=C3NCCCC3CCC2CC1. The molecule has 0 saturated carbocycles. The summed E-state index contributed by atoms with van der Waals surface area (Å²) in [5.74, 6) is 1.76. The van der Waals surface area contributed by atoms with Crippen LogP contribution in [-0.4, -0.2) is 6.54 Å². The molecule has 1 heterocycles. The number of rotatable bonds is 0. The summed E-state index contributed by atoms with van der Waals surface area (Å²) in [7, 11) is 0. The van der Waals surface area contributed by atoms with Gasteiger partial charge in [-0.15, -0.1) is 0 Å². The summed E-state index contributed by atoms with van der Waals surface area (Å²) in [4.78, 5) is 0. The molecule has 1 aliphatic heterocycles. The molecular weight excluding hydrogens is 170 g/mol. The lowest BCUT2D eigenvalue weighted by Crippen LogP contribution is -2.33. The van der Waals surface area contributed by atoms with E-state index in [1.54, 1.807) is 11.3 Å². The maximum Gasteiger partial charge on any atom is 0.0173 e. The number of piperidine rings is 1. The number of hydrogen-bond donors (Lipinski definition) is 1. The van der Waals surface area contributed by atoms with Gasteiger partial charge in [0.1, 0.15) is 0 Å². The smallest absolute Gasteiger partial charge is 0.0173 e. The molecule has 0 amide bonds. The van der Waals surface area contributed by atoms with Crippen LogP contribution < -0.4 is 5.32 Å². The molecule has 1 saturated heterocycles. The third-order valence-corrected chi connectivity index (χ3v) is 4.05. The van der Waals surface area contributed by atoms with E-state index < -0.39 is 0 Å². The standard InChI is InChI=1S/C13H19N/c1-2-6-12-10(4-1)7-8-11-5-3-9-14-13(11)12/h2,6,10-11,14H,1,3-5,7-9H2. The van der Waals surface area contributed by atoms with Gasteiger partial charge in [0.15, 0.2) is 0 Å². The summed E-state index contributed by atoms with van der Waals surface area (Å²) in [5, 5.41) is 3.65. The zero-order chi connectivity index (χ0) is 9.38. The third kappa shape index (κ3) is 1.30. The van der Waals surface area contributed by atoms with Crippen molar-refractivity contribution in [2.24, 2.45) is 11.8 Å². The van der Waals surface area contributed by atoms with E-state index in [0.29, 0.717) is 0 Å². The van der Waals surface area contributed by atoms with Crippen molar-refractivity contribution in [1.82, 2.24) is 5.32 Å². The Hall–Kier alpha value is -0.720. The first kappa shape index (κ1) is 8.58. The number of hydrogen-bond acceptors (Lipinski definition) is 1. The van der Waals surface area contributed by atoms with Crippen molar-refractivity contribution in [1.29, 1.82) is 0 Å². The molecule has 1 nitrogen and oxygen atoms in total. The van der Waals surface area contributed by atoms with E-state index in [1.165, 1.54) is 45.1 Å². The topological polar surface area (TPSA) is 12.0 Å². The van der Waals surface area contributed by atoms with E-state index in [0.717, 1.165) is 11.8 Å². The van der Waals surface area contributed by atoms with Crippen LogP contribution in [0.15, 0.2) is 23.4 Å². The Morgan fingerprint density at radius 1 is 1.07 bits per heavy atom. The van der Waals surface area contributed by atoms with Gasteiger partial charge < -0.3 is 5.32 Å². The Morgan fingerprint density at radius 2 is 2.00 bits per heavy atom. The van der Waals surface area contributed by atoms with E-state index in [2.05, 4.69) is 17.5 Å². The minimum atomic E-state index is 0.873. The molecule has 0 aromatic rings. The van der Waals surface area contributed by atoms with Gasteiger partial charge in [0, 0.05) is 12.2 Å². The molecule has 3 aliphatic rings. The number of allylic oxidation sites excluding steroid dienone is 4. The monoisotopic (exact) mass is 189 g/mol. The molecule has 2 unspecified atom stereocenters. The average molecular weight is 189 g/mol. The van der Waals surface area contributed by atoms with Gasteiger partial charge in [-0.2, -0.15) is 0 Å². The van der Waals surface area contributed by atoms with Crippen molar-refractivity contribution >= 4 is 0 Å². The van der Waals surface area contributed by atoms with E-state index in [-0.39, 0.29) is 0 Å². The molecule has 14 heavy (non-hydrogen) atoms. The molecule has 3 rings (SSSR count). The zero-order valence-electron chi connectivity index (χ0n) is 8.76. The predicted molar refractivity (Wildman–Crippen MR) is 58.9 cm³/mol. The highest BCUT2D eigenvalue weighted by Crippen LogP contribution is 2.41. The lowest BCUT2D eigenvalue weighted by Gasteiger charge is -2.37. The van der Waals surface area contributed by atoms with Crippen LogP contribution in [0.1, 0.15) is 38.5 Å². The molecule has 0 spiro atoms. The predicted octanol–water partition coefficient (Wildman–Crippen LogP) is 3.00. The summed E-state index contributed by atoms with van der Waals surface area (Å²) < 4.78 is 0. The minimum absolute atomic E-state index is 0.873. The summed E-state index contributed by atoms with van der Waals surface area (Å²) in [6.45, 7) is 1.20. The molecule has 1 N–H and O–H groups in total. The molecule has 1 fully saturated rings. The van der Waals surface area contributed by atoms with Crippen LogP contribution in [0.25, 0.3) is 0 Å². The van der Waals surface area contributed by atoms with Crippen molar-refractivity contribution in [3.05, 3.63) is 23.4 Å². The summed E-state index contributed by atoms with van der Waals surface area (Å²) in [6.07, 6.45) is 13.1. The number of nitrogens with one attached hydrogen (secondary N) is 1. The third-order valence-electron chi connectivity index (χ3n) is 4.05. The summed E-state index contributed by atoms with van der Waals surface area (Å²) >= 11 is 0. The van der Waals surface area contributed by atoms with Crippen LogP contribution in [0.5, 0.6) is 0 Å². The van der Waals surface area contributed by atoms with Gasteiger partial charge in [0.05, 0.1) is 0 Å². The molecule has 0 aromatic carbocycles. The lowest BCUT2D eigenvalue weighted by atomic mass is 9.73. The number of fused-ring (bicyclic) bond motifs is 2. The first-order valence-corrected chi connectivity index (χ1v) is 6.09. The van der Waals surface area contributed by atoms with E-state index in [4.69, 9.17) is 0 Å². The van der Waals surface area contributed by atoms with Gasteiger partial charge in [-0.1, -0.05) is 12.2 Å². The lowest BCUT2D eigenvalue weighted by molar-refractivity contribution is 0.335. The molecule has 1 heteroatoms. The second-order valence-electron chi connectivity index (χ2n) is 4.89. The second kappa shape index (κ2) is 3.45. The molecule has 0 aromatic heterocycles. The first-order valence-electron chi connectivity index (χ1n) is 6.09. The van der Waals surface area contributed by atoms with Gasteiger partial charge in [0.2, 0.25) is 0 Å². The molecule has 2 atom stereocenters. The van der Waals surface area contributed by atoms with Gasteiger partial charge in [-0.05, 0) is 55.9 Å². The Morgan fingerprint density at radius 3 is 3.00 bits per heavy atom. The molecule has 0 bridgehead atoms. The van der Waals surface area contributed by atoms with Crippen molar-refractivity contribution in [3.8, 4) is 0 Å². The van der Waals surface area contributed by atoms with E-state index in [1.807, 2.05) is 0 Å². The zero-order valence-corrected chi connectivity index (χ0v) is 8.76. The Balaban J connectivity index is 1.98. The van der Waals surface area contributed by atoms with Crippen molar-refractivity contribution in [2.75, 3.05) is 6.54 Å². The van der Waals surface area contributed by atoms with Crippen LogP contribution in [0.2, 0.25) is 0 Å². The maximum absolute atomic E-state index is 3.65. The fourth-order valence-electron chi connectivity index (χ4n) is 3.30. The van der Waals surface area contributed by atoms with Gasteiger partial charge in [-0.3, -0.25) is 0 Å². The van der Waals surface area contributed by atoms with Gasteiger partial charge in [-0.25, -0.2) is 0 Å². The fraction of sp³-hybridized carbons (Fsp3) is 0.692. The first-order chi connectivity index (χ1) is 6.95. The Bertz CT molecular complexity index is 288. The normalized spacial score (nSPS) is 36.0. The van der Waals surface area contributed by atoms with Crippen LogP contribution in [0.3, 0.4) is 0 Å². The Labute approximate surface area is 86.3 Å². The highest BCUT2D eigenvalue weighted by atomic mass is 14.9. The Kier molecular flexibility index (Phi) is 2.11.